The van der Waals surface area contributed by atoms with Gasteiger partial charge in [0.15, 0.2) is 23.8 Å². The van der Waals surface area contributed by atoms with Crippen LogP contribution in [-0.4, -0.2) is 57.8 Å². The lowest BCUT2D eigenvalue weighted by atomic mass is 9.82. The summed E-state index contributed by atoms with van der Waals surface area (Å²) in [4.78, 5) is 37.7. The van der Waals surface area contributed by atoms with Crippen LogP contribution < -0.4 is 16.9 Å². The van der Waals surface area contributed by atoms with Gasteiger partial charge in [-0.3, -0.25) is 9.59 Å². The van der Waals surface area contributed by atoms with E-state index in [0.29, 0.717) is 19.6 Å². The molecule has 43 heavy (non-hydrogen) atoms. The van der Waals surface area contributed by atoms with Crippen molar-refractivity contribution in [1.29, 1.82) is 0 Å². The molecule has 0 saturated heterocycles. The Morgan fingerprint density at radius 3 is 2.49 bits per heavy atom. The molecule has 2 atom stereocenters. The van der Waals surface area contributed by atoms with Crippen molar-refractivity contribution < 1.29 is 33.0 Å². The summed E-state index contributed by atoms with van der Waals surface area (Å²) in [6.07, 6.45) is 1.81. The maximum absolute atomic E-state index is 13.2. The van der Waals surface area contributed by atoms with E-state index in [1.807, 2.05) is 54.6 Å². The monoisotopic (exact) mass is 593 g/mol. The number of esters is 1. The lowest BCUT2D eigenvalue weighted by Crippen LogP contribution is -2.44. The zero-order chi connectivity index (χ0) is 30.8. The van der Waals surface area contributed by atoms with Crippen LogP contribution >= 0.6 is 0 Å². The molecule has 4 rings (SSSR count). The standard InChI is InChI=1S/C30H35N5O8/c1-20-26(43-29(39)42-20)17-41-28(38)30(2,18-36)15-24(32-27(37)25-16-35(34-33-25)19-40-13-12-31)14-21-8-10-23(11-9-21)22-6-4-3-5-7-22/h3-11,16,24,36H,12-15,17-19,31H2,1-2H3,(H,32,37)/t24-,30+/m1/s1. The summed E-state index contributed by atoms with van der Waals surface area (Å²) in [5.74, 6) is -1.90. The highest BCUT2D eigenvalue weighted by Gasteiger charge is 2.38. The largest absolute Gasteiger partial charge is 0.519 e. The predicted octanol–water partition coefficient (Wildman–Crippen LogP) is 2.21. The van der Waals surface area contributed by atoms with Crippen LogP contribution in [0.5, 0.6) is 0 Å². The number of aliphatic hydroxyl groups is 1. The molecule has 1 amide bonds. The molecule has 0 aliphatic heterocycles. The number of rotatable bonds is 15. The van der Waals surface area contributed by atoms with Gasteiger partial charge in [-0.05, 0) is 43.4 Å². The maximum atomic E-state index is 13.2. The first-order valence-corrected chi connectivity index (χ1v) is 13.7. The summed E-state index contributed by atoms with van der Waals surface area (Å²) in [5.41, 5.74) is 7.07. The number of carbonyl (C=O) groups excluding carboxylic acids is 2. The number of carbonyl (C=O) groups is 2. The van der Waals surface area contributed by atoms with Crippen LogP contribution in [0, 0.1) is 12.3 Å². The van der Waals surface area contributed by atoms with Crippen molar-refractivity contribution in [2.24, 2.45) is 11.1 Å². The first-order valence-electron chi connectivity index (χ1n) is 13.7. The van der Waals surface area contributed by atoms with E-state index in [1.165, 1.54) is 24.7 Å². The van der Waals surface area contributed by atoms with Crippen LogP contribution in [0.25, 0.3) is 11.1 Å². The van der Waals surface area contributed by atoms with Crippen LogP contribution in [-0.2, 0) is 34.0 Å². The van der Waals surface area contributed by atoms with Gasteiger partial charge in [0.1, 0.15) is 6.73 Å². The third-order valence-corrected chi connectivity index (χ3v) is 6.84. The zero-order valence-electron chi connectivity index (χ0n) is 24.0. The molecule has 0 bridgehead atoms. The summed E-state index contributed by atoms with van der Waals surface area (Å²) < 4.78 is 21.8. The maximum Gasteiger partial charge on any atom is 0.519 e. The fourth-order valence-electron chi connectivity index (χ4n) is 4.46. The highest BCUT2D eigenvalue weighted by atomic mass is 16.6. The van der Waals surface area contributed by atoms with Crippen molar-refractivity contribution in [3.63, 3.8) is 0 Å². The number of nitrogens with one attached hydrogen (secondary N) is 1. The number of ether oxygens (including phenoxy) is 2. The average molecular weight is 594 g/mol. The zero-order valence-corrected chi connectivity index (χ0v) is 24.0. The van der Waals surface area contributed by atoms with E-state index in [1.54, 1.807) is 0 Å². The van der Waals surface area contributed by atoms with Crippen molar-refractivity contribution in [3.8, 4) is 11.1 Å². The number of hydrogen-bond donors (Lipinski definition) is 3. The highest BCUT2D eigenvalue weighted by molar-refractivity contribution is 5.92. The molecule has 0 aliphatic carbocycles. The van der Waals surface area contributed by atoms with Gasteiger partial charge in [-0.25, -0.2) is 9.48 Å². The number of aliphatic hydroxyl groups excluding tert-OH is 1. The SMILES string of the molecule is Cc1oc(=O)oc1COC(=O)[C@](C)(CO)C[C@@H](Cc1ccc(-c2ccccc2)cc1)NC(=O)c1cn(COCCN)nn1. The lowest BCUT2D eigenvalue weighted by Gasteiger charge is -2.30. The van der Waals surface area contributed by atoms with Gasteiger partial charge in [0.25, 0.3) is 5.91 Å². The Balaban J connectivity index is 1.51. The summed E-state index contributed by atoms with van der Waals surface area (Å²) in [6.45, 7) is 2.89. The number of benzene rings is 2. The quantitative estimate of drug-likeness (QED) is 0.136. The molecule has 228 valence electrons. The summed E-state index contributed by atoms with van der Waals surface area (Å²) in [7, 11) is 0. The third kappa shape index (κ3) is 8.47. The second kappa shape index (κ2) is 14.5. The number of nitrogens with zero attached hydrogens (tertiary/aromatic N) is 3. The molecule has 0 saturated carbocycles. The fourth-order valence-corrected chi connectivity index (χ4v) is 4.46. The first-order chi connectivity index (χ1) is 20.7. The Morgan fingerprint density at radius 1 is 1.12 bits per heavy atom. The van der Waals surface area contributed by atoms with E-state index in [2.05, 4.69) is 15.6 Å². The van der Waals surface area contributed by atoms with Crippen LogP contribution in [0.1, 0.15) is 40.9 Å². The van der Waals surface area contributed by atoms with Crippen molar-refractivity contribution in [3.05, 3.63) is 94.2 Å². The minimum atomic E-state index is -1.41. The summed E-state index contributed by atoms with van der Waals surface area (Å²) in [6, 6.07) is 17.2. The topological polar surface area (TPSA) is 185 Å². The van der Waals surface area contributed by atoms with E-state index >= 15 is 0 Å². The van der Waals surface area contributed by atoms with Crippen LogP contribution in [0.15, 0.2) is 74.4 Å². The summed E-state index contributed by atoms with van der Waals surface area (Å²) >= 11 is 0. The van der Waals surface area contributed by atoms with Gasteiger partial charge in [0.2, 0.25) is 0 Å². The van der Waals surface area contributed by atoms with E-state index < -0.39 is 35.8 Å². The Labute approximate surface area is 247 Å². The molecule has 13 nitrogen and oxygen atoms in total. The number of aromatic nitrogens is 3. The highest BCUT2D eigenvalue weighted by Crippen LogP contribution is 2.28. The average Bonchev–Trinajstić information content (AvgIpc) is 3.62. The van der Waals surface area contributed by atoms with Gasteiger partial charge in [-0.15, -0.1) is 5.10 Å². The second-order valence-electron chi connectivity index (χ2n) is 10.3. The normalized spacial score (nSPS) is 13.3. The molecule has 4 N–H and O–H groups in total. The van der Waals surface area contributed by atoms with Gasteiger partial charge in [-0.1, -0.05) is 59.8 Å². The van der Waals surface area contributed by atoms with Gasteiger partial charge in [0, 0.05) is 12.6 Å². The lowest BCUT2D eigenvalue weighted by molar-refractivity contribution is -0.160. The fraction of sp³-hybridized carbons (Fsp3) is 0.367. The molecule has 0 aliphatic rings. The number of aryl methyl sites for hydroxylation is 1. The molecule has 2 heterocycles. The van der Waals surface area contributed by atoms with E-state index in [0.717, 1.165) is 16.7 Å². The molecule has 13 heteroatoms. The molecule has 2 aromatic carbocycles. The molecule has 2 aromatic heterocycles. The second-order valence-corrected chi connectivity index (χ2v) is 10.3. The van der Waals surface area contributed by atoms with E-state index in [-0.39, 0.29) is 37.0 Å². The van der Waals surface area contributed by atoms with Gasteiger partial charge in [-0.2, -0.15) is 0 Å². The van der Waals surface area contributed by atoms with E-state index in [9.17, 15) is 19.5 Å². The molecular formula is C30H35N5O8. The van der Waals surface area contributed by atoms with Crippen LogP contribution in [0.3, 0.4) is 0 Å². The van der Waals surface area contributed by atoms with E-state index in [4.69, 9.17) is 24.0 Å². The number of hydrogen-bond acceptors (Lipinski definition) is 11. The van der Waals surface area contributed by atoms with Crippen molar-refractivity contribution >= 4 is 11.9 Å². The Kier molecular flexibility index (Phi) is 10.6. The number of amides is 1. The van der Waals surface area contributed by atoms with Crippen LogP contribution in [0.2, 0.25) is 0 Å². The van der Waals surface area contributed by atoms with Crippen molar-refractivity contribution in [2.75, 3.05) is 19.8 Å². The minimum Gasteiger partial charge on any atom is -0.457 e. The number of nitrogens with two attached hydrogens (primary N) is 1. The minimum absolute atomic E-state index is 0.0244. The molecule has 4 aromatic rings. The van der Waals surface area contributed by atoms with Gasteiger partial charge >= 0.3 is 11.8 Å². The smallest absolute Gasteiger partial charge is 0.457 e. The van der Waals surface area contributed by atoms with Gasteiger partial charge in [0.05, 0.1) is 24.8 Å². The Hall–Kier alpha value is -4.59. The van der Waals surface area contributed by atoms with Crippen molar-refractivity contribution in [1.82, 2.24) is 20.3 Å². The van der Waals surface area contributed by atoms with Crippen LogP contribution in [0.4, 0.5) is 0 Å². The Bertz CT molecular complexity index is 1550. The Morgan fingerprint density at radius 2 is 1.84 bits per heavy atom. The summed E-state index contributed by atoms with van der Waals surface area (Å²) in [5, 5.41) is 21.1. The molecule has 0 unspecified atom stereocenters. The van der Waals surface area contributed by atoms with Crippen molar-refractivity contribution in [2.45, 2.75) is 46.1 Å². The molecule has 0 fully saturated rings. The predicted molar refractivity (Wildman–Crippen MR) is 153 cm³/mol. The molecular weight excluding hydrogens is 558 g/mol. The third-order valence-electron chi connectivity index (χ3n) is 6.84. The molecule has 0 radical (unpaired) electrons. The molecule has 0 spiro atoms. The first kappa shape index (κ1) is 31.3. The van der Waals surface area contributed by atoms with Gasteiger partial charge < -0.3 is 34.5 Å².